The van der Waals surface area contributed by atoms with E-state index in [9.17, 15) is 23.1 Å². The fraction of sp³-hybridized carbons (Fsp3) is 0.565. The van der Waals surface area contributed by atoms with E-state index in [1.165, 1.54) is 12.4 Å². The Bertz CT molecular complexity index is 1050. The van der Waals surface area contributed by atoms with Crippen LogP contribution in [-0.4, -0.2) is 76.4 Å². The second-order valence-electron chi connectivity index (χ2n) is 8.99. The molecular weight excluding hydrogens is 484 g/mol. The molecule has 4 heterocycles. The maximum absolute atomic E-state index is 15.5. The average Bonchev–Trinajstić information content (AvgIpc) is 2.87. The van der Waals surface area contributed by atoms with Crippen LogP contribution in [0.3, 0.4) is 0 Å². The maximum Gasteiger partial charge on any atom is 0.417 e. The molecular formula is C23H28F4N6O3. The number of alkyl halides is 3. The summed E-state index contributed by atoms with van der Waals surface area (Å²) in [6.45, 7) is 4.13. The number of likely N-dealkylation sites (tertiary alicyclic amines) is 1. The van der Waals surface area contributed by atoms with E-state index in [-0.39, 0.29) is 30.7 Å². The van der Waals surface area contributed by atoms with Gasteiger partial charge in [0.2, 0.25) is 5.82 Å². The zero-order valence-electron chi connectivity index (χ0n) is 19.7. The standard InChI is InChI=1S/C23H28F4N6O3/c1-14(22(34)35)32-6-4-15(5-7-32)10-29-20-19(24)21(31-13-30-20)33-8-9-36-12-18(33)17-3-2-16(11-28-17)23(25,26)27/h2-3,11,13-15,18H,4-10,12H2,1H3,(H,34,35)(H,29,30,31). The second-order valence-corrected chi connectivity index (χ2v) is 8.99. The smallest absolute Gasteiger partial charge is 0.417 e. The minimum atomic E-state index is -4.50. The SMILES string of the molecule is CC(C(=O)O)N1CCC(CNc2ncnc(N3CCOCC3c3ccc(C(F)(F)F)cn3)c2F)CC1. The molecule has 2 saturated heterocycles. The van der Waals surface area contributed by atoms with Gasteiger partial charge in [-0.15, -0.1) is 0 Å². The van der Waals surface area contributed by atoms with E-state index in [0.29, 0.717) is 31.9 Å². The van der Waals surface area contributed by atoms with Crippen LogP contribution in [0.25, 0.3) is 0 Å². The molecule has 2 aromatic heterocycles. The summed E-state index contributed by atoms with van der Waals surface area (Å²) < 4.78 is 59.7. The third-order valence-electron chi connectivity index (χ3n) is 6.74. The summed E-state index contributed by atoms with van der Waals surface area (Å²) in [4.78, 5) is 26.8. The van der Waals surface area contributed by atoms with Crippen LogP contribution < -0.4 is 10.2 Å². The molecule has 4 rings (SSSR count). The largest absolute Gasteiger partial charge is 0.480 e. The molecule has 0 amide bonds. The topological polar surface area (TPSA) is 104 Å². The molecule has 13 heteroatoms. The number of piperidine rings is 1. The highest BCUT2D eigenvalue weighted by molar-refractivity contribution is 5.72. The van der Waals surface area contributed by atoms with Crippen LogP contribution in [0.4, 0.5) is 29.2 Å². The lowest BCUT2D eigenvalue weighted by atomic mass is 9.96. The van der Waals surface area contributed by atoms with Gasteiger partial charge in [-0.2, -0.15) is 17.6 Å². The first-order valence-electron chi connectivity index (χ1n) is 11.7. The summed E-state index contributed by atoms with van der Waals surface area (Å²) in [5, 5.41) is 12.2. The quantitative estimate of drug-likeness (QED) is 0.542. The van der Waals surface area contributed by atoms with E-state index in [1.807, 2.05) is 4.90 Å². The van der Waals surface area contributed by atoms with Crippen LogP contribution >= 0.6 is 0 Å². The third kappa shape index (κ3) is 5.84. The normalized spacial score (nSPS) is 20.8. The van der Waals surface area contributed by atoms with Gasteiger partial charge in [0.15, 0.2) is 11.6 Å². The molecule has 0 bridgehead atoms. The van der Waals surface area contributed by atoms with Crippen molar-refractivity contribution in [1.82, 2.24) is 19.9 Å². The molecule has 9 nitrogen and oxygen atoms in total. The van der Waals surface area contributed by atoms with Crippen molar-refractivity contribution in [1.29, 1.82) is 0 Å². The Morgan fingerprint density at radius 2 is 1.97 bits per heavy atom. The Balaban J connectivity index is 1.44. The van der Waals surface area contributed by atoms with Crippen LogP contribution in [0.15, 0.2) is 24.7 Å². The summed E-state index contributed by atoms with van der Waals surface area (Å²) in [7, 11) is 0. The van der Waals surface area contributed by atoms with Gasteiger partial charge < -0.3 is 20.1 Å². The van der Waals surface area contributed by atoms with Gasteiger partial charge >= 0.3 is 12.1 Å². The van der Waals surface area contributed by atoms with Crippen LogP contribution in [0.1, 0.15) is 37.1 Å². The summed E-state index contributed by atoms with van der Waals surface area (Å²) in [5.41, 5.74) is -0.546. The minimum absolute atomic E-state index is 0.0209. The first kappa shape index (κ1) is 26.0. The lowest BCUT2D eigenvalue weighted by molar-refractivity contribution is -0.143. The molecule has 2 aliphatic rings. The lowest BCUT2D eigenvalue weighted by Crippen LogP contribution is -2.44. The number of hydrogen-bond acceptors (Lipinski definition) is 8. The van der Waals surface area contributed by atoms with Crippen molar-refractivity contribution in [2.24, 2.45) is 5.92 Å². The molecule has 0 spiro atoms. The molecule has 0 saturated carbocycles. The zero-order chi connectivity index (χ0) is 25.9. The zero-order valence-corrected chi connectivity index (χ0v) is 19.7. The van der Waals surface area contributed by atoms with Gasteiger partial charge in [-0.3, -0.25) is 14.7 Å². The maximum atomic E-state index is 15.5. The van der Waals surface area contributed by atoms with Gasteiger partial charge in [0.1, 0.15) is 12.4 Å². The number of rotatable bonds is 7. The number of ether oxygens (including phenoxy) is 1. The summed E-state index contributed by atoms with van der Waals surface area (Å²) in [6, 6.07) is 1.06. The van der Waals surface area contributed by atoms with Crippen molar-refractivity contribution in [2.75, 3.05) is 49.6 Å². The highest BCUT2D eigenvalue weighted by Gasteiger charge is 2.34. The van der Waals surface area contributed by atoms with Crippen molar-refractivity contribution < 1.29 is 32.2 Å². The molecule has 2 fully saturated rings. The van der Waals surface area contributed by atoms with E-state index in [1.54, 1.807) is 11.8 Å². The molecule has 0 aliphatic carbocycles. The number of nitrogens with one attached hydrogen (secondary N) is 1. The molecule has 0 aromatic carbocycles. The molecule has 196 valence electrons. The number of hydrogen-bond donors (Lipinski definition) is 2. The second kappa shape index (κ2) is 10.9. The number of carbonyl (C=O) groups is 1. The fourth-order valence-electron chi connectivity index (χ4n) is 4.50. The molecule has 2 aliphatic heterocycles. The van der Waals surface area contributed by atoms with Crippen molar-refractivity contribution in [3.05, 3.63) is 41.7 Å². The number of aliphatic carboxylic acids is 1. The number of morpholine rings is 1. The van der Waals surface area contributed by atoms with Crippen molar-refractivity contribution >= 4 is 17.6 Å². The van der Waals surface area contributed by atoms with Crippen LogP contribution in [-0.2, 0) is 15.7 Å². The van der Waals surface area contributed by atoms with Crippen LogP contribution in [0, 0.1) is 11.7 Å². The van der Waals surface area contributed by atoms with Crippen molar-refractivity contribution in [2.45, 2.75) is 38.0 Å². The Labute approximate surface area is 205 Å². The molecule has 36 heavy (non-hydrogen) atoms. The number of halogens is 4. The molecule has 2 aromatic rings. The Morgan fingerprint density at radius 1 is 1.22 bits per heavy atom. The Kier molecular flexibility index (Phi) is 7.88. The van der Waals surface area contributed by atoms with E-state index < -0.39 is 35.6 Å². The number of carboxylic acid groups (broad SMARTS) is 1. The molecule has 2 unspecified atom stereocenters. The fourth-order valence-corrected chi connectivity index (χ4v) is 4.50. The lowest BCUT2D eigenvalue weighted by Gasteiger charge is -2.36. The van der Waals surface area contributed by atoms with Gasteiger partial charge in [-0.25, -0.2) is 9.97 Å². The number of aromatic nitrogens is 3. The highest BCUT2D eigenvalue weighted by atomic mass is 19.4. The van der Waals surface area contributed by atoms with Gasteiger partial charge in [0.25, 0.3) is 0 Å². The summed E-state index contributed by atoms with van der Waals surface area (Å²) >= 11 is 0. The van der Waals surface area contributed by atoms with Gasteiger partial charge in [-0.1, -0.05) is 0 Å². The van der Waals surface area contributed by atoms with Crippen LogP contribution in [0.5, 0.6) is 0 Å². The van der Waals surface area contributed by atoms with E-state index in [0.717, 1.165) is 25.1 Å². The third-order valence-corrected chi connectivity index (χ3v) is 6.74. The van der Waals surface area contributed by atoms with E-state index in [2.05, 4.69) is 20.3 Å². The first-order valence-corrected chi connectivity index (χ1v) is 11.7. The number of carboxylic acids is 1. The average molecular weight is 513 g/mol. The predicted molar refractivity (Wildman–Crippen MR) is 122 cm³/mol. The Hall–Kier alpha value is -3.06. The van der Waals surface area contributed by atoms with Gasteiger partial charge in [-0.05, 0) is 50.9 Å². The summed E-state index contributed by atoms with van der Waals surface area (Å²) in [5.74, 6) is -1.23. The highest BCUT2D eigenvalue weighted by Crippen LogP contribution is 2.33. The first-order chi connectivity index (χ1) is 17.1. The number of pyridine rings is 1. The summed E-state index contributed by atoms with van der Waals surface area (Å²) in [6.07, 6.45) is -0.956. The number of anilines is 2. The molecule has 2 N–H and O–H groups in total. The van der Waals surface area contributed by atoms with E-state index >= 15 is 4.39 Å². The Morgan fingerprint density at radius 3 is 2.61 bits per heavy atom. The minimum Gasteiger partial charge on any atom is -0.480 e. The number of nitrogens with zero attached hydrogens (tertiary/aromatic N) is 5. The van der Waals surface area contributed by atoms with Gasteiger partial charge in [0.05, 0.1) is 30.5 Å². The van der Waals surface area contributed by atoms with Crippen molar-refractivity contribution in [3.8, 4) is 0 Å². The molecule has 0 radical (unpaired) electrons. The molecule has 2 atom stereocenters. The predicted octanol–water partition coefficient (Wildman–Crippen LogP) is 3.20. The van der Waals surface area contributed by atoms with Gasteiger partial charge in [0, 0.05) is 19.3 Å². The van der Waals surface area contributed by atoms with E-state index in [4.69, 9.17) is 4.74 Å². The van der Waals surface area contributed by atoms with Crippen LogP contribution in [0.2, 0.25) is 0 Å². The monoisotopic (exact) mass is 512 g/mol. The van der Waals surface area contributed by atoms with Crippen molar-refractivity contribution in [3.63, 3.8) is 0 Å².